The van der Waals surface area contributed by atoms with Crippen LogP contribution in [0.1, 0.15) is 36.7 Å². The van der Waals surface area contributed by atoms with E-state index in [-0.39, 0.29) is 29.1 Å². The van der Waals surface area contributed by atoms with Crippen LogP contribution in [-0.4, -0.2) is 46.7 Å². The van der Waals surface area contributed by atoms with Gasteiger partial charge in [0, 0.05) is 29.9 Å². The Balaban J connectivity index is 1.56. The SMILES string of the molecule is CC(C)(C)OC(=O)Nc1cccc(C(=O)NCCN2C(=O)S/C(=C\c3ccccc3F)C2=O)c1. The molecule has 2 aromatic rings. The molecule has 0 spiro atoms. The van der Waals surface area contributed by atoms with Gasteiger partial charge < -0.3 is 10.1 Å². The van der Waals surface area contributed by atoms with Crippen molar-refractivity contribution in [1.29, 1.82) is 0 Å². The second-order valence-corrected chi connectivity index (χ2v) is 9.31. The van der Waals surface area contributed by atoms with E-state index in [0.29, 0.717) is 5.69 Å². The van der Waals surface area contributed by atoms with E-state index in [1.807, 2.05) is 0 Å². The van der Waals surface area contributed by atoms with Crippen molar-refractivity contribution in [2.75, 3.05) is 18.4 Å². The molecule has 0 bridgehead atoms. The van der Waals surface area contributed by atoms with E-state index in [1.54, 1.807) is 45.0 Å². The summed E-state index contributed by atoms with van der Waals surface area (Å²) in [5.41, 5.74) is 0.209. The lowest BCUT2D eigenvalue weighted by atomic mass is 10.2. The number of hydrogen-bond acceptors (Lipinski definition) is 6. The number of benzene rings is 2. The van der Waals surface area contributed by atoms with Crippen molar-refractivity contribution in [2.24, 2.45) is 0 Å². The van der Waals surface area contributed by atoms with Crippen LogP contribution < -0.4 is 10.6 Å². The summed E-state index contributed by atoms with van der Waals surface area (Å²) in [5.74, 6) is -1.48. The summed E-state index contributed by atoms with van der Waals surface area (Å²) in [6.45, 7) is 5.20. The number of carbonyl (C=O) groups is 4. The van der Waals surface area contributed by atoms with Crippen LogP contribution in [0, 0.1) is 5.82 Å². The maximum absolute atomic E-state index is 13.8. The van der Waals surface area contributed by atoms with Crippen molar-refractivity contribution in [2.45, 2.75) is 26.4 Å². The maximum atomic E-state index is 13.8. The van der Waals surface area contributed by atoms with Gasteiger partial charge in [0.25, 0.3) is 17.1 Å². The number of anilines is 1. The Morgan fingerprint density at radius 1 is 1.12 bits per heavy atom. The molecule has 1 fully saturated rings. The van der Waals surface area contributed by atoms with Crippen LogP contribution in [0.4, 0.5) is 19.7 Å². The molecule has 1 aliphatic heterocycles. The third-order valence-electron chi connectivity index (χ3n) is 4.46. The molecule has 178 valence electrons. The van der Waals surface area contributed by atoms with Gasteiger partial charge in [0.1, 0.15) is 11.4 Å². The molecule has 34 heavy (non-hydrogen) atoms. The standard InChI is InChI=1S/C24H24FN3O5S/c1-24(2,3)33-22(31)27-17-9-6-8-16(13-17)20(29)26-11-12-28-21(30)19(34-23(28)32)14-15-7-4-5-10-18(15)25/h4-10,13-14H,11-12H2,1-3H3,(H,26,29)(H,27,31)/b19-14-. The third kappa shape index (κ3) is 6.67. The summed E-state index contributed by atoms with van der Waals surface area (Å²) in [6.07, 6.45) is 0.690. The van der Waals surface area contributed by atoms with Crippen molar-refractivity contribution in [3.8, 4) is 0 Å². The molecule has 2 N–H and O–H groups in total. The molecule has 1 heterocycles. The zero-order chi connectivity index (χ0) is 24.9. The predicted octanol–water partition coefficient (Wildman–Crippen LogP) is 4.64. The van der Waals surface area contributed by atoms with Crippen molar-refractivity contribution in [1.82, 2.24) is 10.2 Å². The van der Waals surface area contributed by atoms with Crippen LogP contribution in [0.3, 0.4) is 0 Å². The largest absolute Gasteiger partial charge is 0.444 e. The number of nitrogens with zero attached hydrogens (tertiary/aromatic N) is 1. The summed E-state index contributed by atoms with van der Waals surface area (Å²) in [5, 5.41) is 4.71. The van der Waals surface area contributed by atoms with Crippen molar-refractivity contribution in [3.05, 3.63) is 70.4 Å². The van der Waals surface area contributed by atoms with Gasteiger partial charge in [-0.2, -0.15) is 0 Å². The van der Waals surface area contributed by atoms with E-state index in [0.717, 1.165) is 16.7 Å². The van der Waals surface area contributed by atoms with E-state index in [9.17, 15) is 23.6 Å². The lowest BCUT2D eigenvalue weighted by molar-refractivity contribution is -0.122. The number of hydrogen-bond donors (Lipinski definition) is 2. The average molecular weight is 486 g/mol. The fourth-order valence-corrected chi connectivity index (χ4v) is 3.83. The summed E-state index contributed by atoms with van der Waals surface area (Å²) in [4.78, 5) is 50.3. The van der Waals surface area contributed by atoms with Gasteiger partial charge in [-0.3, -0.25) is 24.6 Å². The van der Waals surface area contributed by atoms with E-state index in [1.165, 1.54) is 30.3 Å². The van der Waals surface area contributed by atoms with Crippen molar-refractivity contribution in [3.63, 3.8) is 0 Å². The van der Waals surface area contributed by atoms with Gasteiger partial charge in [0.2, 0.25) is 0 Å². The molecule has 0 aliphatic carbocycles. The lowest BCUT2D eigenvalue weighted by Crippen LogP contribution is -2.37. The fraction of sp³-hybridized carbons (Fsp3) is 0.250. The average Bonchev–Trinajstić information content (AvgIpc) is 3.01. The van der Waals surface area contributed by atoms with Crippen LogP contribution in [0.5, 0.6) is 0 Å². The number of halogens is 1. The van der Waals surface area contributed by atoms with Crippen LogP contribution >= 0.6 is 11.8 Å². The predicted molar refractivity (Wildman–Crippen MR) is 128 cm³/mol. The molecular formula is C24H24FN3O5S. The molecule has 0 unspecified atom stereocenters. The molecule has 0 radical (unpaired) electrons. The van der Waals surface area contributed by atoms with Crippen LogP contribution in [-0.2, 0) is 9.53 Å². The second kappa shape index (κ2) is 10.5. The molecule has 4 amide bonds. The highest BCUT2D eigenvalue weighted by Crippen LogP contribution is 2.32. The van der Waals surface area contributed by atoms with Gasteiger partial charge in [-0.25, -0.2) is 9.18 Å². The molecule has 0 saturated carbocycles. The summed E-state index contributed by atoms with van der Waals surface area (Å²) in [7, 11) is 0. The molecule has 0 aromatic heterocycles. The number of carbonyl (C=O) groups excluding carboxylic acids is 4. The third-order valence-corrected chi connectivity index (χ3v) is 5.36. The van der Waals surface area contributed by atoms with Gasteiger partial charge in [0.15, 0.2) is 0 Å². The number of thioether (sulfide) groups is 1. The molecule has 2 aromatic carbocycles. The number of ether oxygens (including phenoxy) is 1. The molecule has 8 nitrogen and oxygen atoms in total. The minimum Gasteiger partial charge on any atom is -0.444 e. The highest BCUT2D eigenvalue weighted by Gasteiger charge is 2.34. The van der Waals surface area contributed by atoms with Gasteiger partial charge in [-0.15, -0.1) is 0 Å². The monoisotopic (exact) mass is 485 g/mol. The highest BCUT2D eigenvalue weighted by molar-refractivity contribution is 8.18. The Morgan fingerprint density at radius 2 is 1.85 bits per heavy atom. The summed E-state index contributed by atoms with van der Waals surface area (Å²) in [6, 6.07) is 12.2. The van der Waals surface area contributed by atoms with Gasteiger partial charge in [0.05, 0.1) is 4.91 Å². The number of nitrogens with one attached hydrogen (secondary N) is 2. The molecule has 1 saturated heterocycles. The Bertz CT molecular complexity index is 1160. The second-order valence-electron chi connectivity index (χ2n) is 8.32. The Kier molecular flexibility index (Phi) is 7.72. The topological polar surface area (TPSA) is 105 Å². The zero-order valence-electron chi connectivity index (χ0n) is 18.9. The summed E-state index contributed by atoms with van der Waals surface area (Å²) >= 11 is 0.719. The van der Waals surface area contributed by atoms with Crippen molar-refractivity contribution < 1.29 is 28.3 Å². The Hall–Kier alpha value is -3.66. The van der Waals surface area contributed by atoms with Gasteiger partial charge in [-0.1, -0.05) is 24.3 Å². The molecule has 3 rings (SSSR count). The van der Waals surface area contributed by atoms with Crippen molar-refractivity contribution >= 4 is 46.7 Å². The lowest BCUT2D eigenvalue weighted by Gasteiger charge is -2.19. The number of imide groups is 1. The molecule has 0 atom stereocenters. The summed E-state index contributed by atoms with van der Waals surface area (Å²) < 4.78 is 19.0. The fourth-order valence-electron chi connectivity index (χ4n) is 2.97. The molecular weight excluding hydrogens is 461 g/mol. The van der Waals surface area contributed by atoms with Crippen LogP contribution in [0.25, 0.3) is 6.08 Å². The Morgan fingerprint density at radius 3 is 2.56 bits per heavy atom. The first-order valence-electron chi connectivity index (χ1n) is 10.4. The normalized spacial score (nSPS) is 14.9. The minimum atomic E-state index is -0.661. The van der Waals surface area contributed by atoms with E-state index < -0.39 is 34.6 Å². The van der Waals surface area contributed by atoms with E-state index in [4.69, 9.17) is 4.74 Å². The maximum Gasteiger partial charge on any atom is 0.412 e. The number of rotatable bonds is 6. The highest BCUT2D eigenvalue weighted by atomic mass is 32.2. The van der Waals surface area contributed by atoms with E-state index >= 15 is 0 Å². The quantitative estimate of drug-likeness (QED) is 0.578. The van der Waals surface area contributed by atoms with Gasteiger partial charge >= 0.3 is 6.09 Å². The van der Waals surface area contributed by atoms with E-state index in [2.05, 4.69) is 10.6 Å². The Labute approximate surface area is 200 Å². The first kappa shape index (κ1) is 25.0. The number of amides is 4. The smallest absolute Gasteiger partial charge is 0.412 e. The zero-order valence-corrected chi connectivity index (χ0v) is 19.7. The van der Waals surface area contributed by atoms with Gasteiger partial charge in [-0.05, 0) is 62.9 Å². The molecule has 10 heteroatoms. The first-order valence-corrected chi connectivity index (χ1v) is 11.2. The van der Waals surface area contributed by atoms with Crippen LogP contribution in [0.15, 0.2) is 53.4 Å². The molecule has 1 aliphatic rings. The van der Waals surface area contributed by atoms with Crippen LogP contribution in [0.2, 0.25) is 0 Å². The first-order chi connectivity index (χ1) is 16.0. The minimum absolute atomic E-state index is 0.0214.